The lowest BCUT2D eigenvalue weighted by Gasteiger charge is -2.15. The molecule has 1 aromatic rings. The molecule has 1 heterocycles. The van der Waals surface area contributed by atoms with Crippen molar-refractivity contribution in [3.05, 3.63) is 16.4 Å². The van der Waals surface area contributed by atoms with E-state index in [0.717, 1.165) is 10.2 Å². The first-order valence-corrected chi connectivity index (χ1v) is 6.04. The first-order valence-electron chi connectivity index (χ1n) is 4.46. The van der Waals surface area contributed by atoms with Crippen LogP contribution in [0.3, 0.4) is 0 Å². The Balaban J connectivity index is 2.58. The van der Waals surface area contributed by atoms with Gasteiger partial charge < -0.3 is 5.32 Å². The van der Waals surface area contributed by atoms with Gasteiger partial charge in [-0.05, 0) is 29.8 Å². The highest BCUT2D eigenvalue weighted by Crippen LogP contribution is 2.17. The van der Waals surface area contributed by atoms with Gasteiger partial charge in [-0.3, -0.25) is 9.48 Å². The van der Waals surface area contributed by atoms with E-state index in [1.165, 1.54) is 0 Å². The highest BCUT2D eigenvalue weighted by Gasteiger charge is 2.23. The number of carbonyl (C=O) groups excluding carboxylic acids is 1. The van der Waals surface area contributed by atoms with Crippen LogP contribution in [0.15, 0.2) is 10.7 Å². The Kier molecular flexibility index (Phi) is 3.94. The van der Waals surface area contributed by atoms with Crippen LogP contribution in [0.2, 0.25) is 0 Å². The summed E-state index contributed by atoms with van der Waals surface area (Å²) in [5.41, 5.74) is 0.822. The number of rotatable bonds is 3. The standard InChI is InChI=1S/C9H13Br2N3O/c1-9(2,11)8(15)12-4-7-6(10)5-14(3)13-7/h5H,4H2,1-3H3,(H,12,15). The monoisotopic (exact) mass is 337 g/mol. The Morgan fingerprint density at radius 2 is 2.27 bits per heavy atom. The average Bonchev–Trinajstić information content (AvgIpc) is 2.39. The molecule has 0 spiro atoms. The SMILES string of the molecule is Cn1cc(Br)c(CNC(=O)C(C)(C)Br)n1. The van der Waals surface area contributed by atoms with Crippen LogP contribution in [0.1, 0.15) is 19.5 Å². The minimum absolute atomic E-state index is 0.0555. The van der Waals surface area contributed by atoms with Crippen LogP contribution in [0.5, 0.6) is 0 Å². The number of carbonyl (C=O) groups is 1. The first kappa shape index (κ1) is 12.7. The Morgan fingerprint density at radius 3 is 2.67 bits per heavy atom. The molecule has 0 aliphatic rings. The van der Waals surface area contributed by atoms with Crippen LogP contribution < -0.4 is 5.32 Å². The Hall–Kier alpha value is -0.360. The van der Waals surface area contributed by atoms with E-state index >= 15 is 0 Å². The third-order valence-electron chi connectivity index (χ3n) is 1.81. The molecule has 0 saturated heterocycles. The van der Waals surface area contributed by atoms with E-state index < -0.39 is 4.32 Å². The van der Waals surface area contributed by atoms with Crippen molar-refractivity contribution in [1.29, 1.82) is 0 Å². The summed E-state index contributed by atoms with van der Waals surface area (Å²) >= 11 is 6.66. The molecule has 0 atom stereocenters. The Morgan fingerprint density at radius 1 is 1.67 bits per heavy atom. The fraction of sp³-hybridized carbons (Fsp3) is 0.556. The van der Waals surface area contributed by atoms with Gasteiger partial charge in [0.1, 0.15) is 0 Å². The minimum Gasteiger partial charge on any atom is -0.349 e. The molecule has 0 bridgehead atoms. The smallest absolute Gasteiger partial charge is 0.236 e. The van der Waals surface area contributed by atoms with Crippen LogP contribution >= 0.6 is 31.9 Å². The minimum atomic E-state index is -0.547. The molecule has 84 valence electrons. The maximum atomic E-state index is 11.5. The van der Waals surface area contributed by atoms with Gasteiger partial charge in [0.05, 0.1) is 21.0 Å². The maximum Gasteiger partial charge on any atom is 0.236 e. The predicted octanol–water partition coefficient (Wildman–Crippen LogP) is 1.97. The molecule has 0 saturated carbocycles. The molecule has 0 fully saturated rings. The molecule has 0 radical (unpaired) electrons. The molecular weight excluding hydrogens is 326 g/mol. The normalized spacial score (nSPS) is 11.5. The lowest BCUT2D eigenvalue weighted by molar-refractivity contribution is -0.122. The zero-order valence-corrected chi connectivity index (χ0v) is 12.0. The van der Waals surface area contributed by atoms with Crippen molar-refractivity contribution < 1.29 is 4.79 Å². The number of hydrogen-bond acceptors (Lipinski definition) is 2. The fourth-order valence-corrected chi connectivity index (χ4v) is 1.66. The molecule has 1 rings (SSSR count). The second-order valence-corrected chi connectivity index (χ2v) is 6.59. The lowest BCUT2D eigenvalue weighted by Crippen LogP contribution is -2.37. The van der Waals surface area contributed by atoms with E-state index in [9.17, 15) is 4.79 Å². The molecule has 0 unspecified atom stereocenters. The van der Waals surface area contributed by atoms with Gasteiger partial charge in [0, 0.05) is 13.2 Å². The molecule has 0 aliphatic carbocycles. The third kappa shape index (κ3) is 3.61. The van der Waals surface area contributed by atoms with Crippen molar-refractivity contribution in [2.75, 3.05) is 0 Å². The molecule has 1 aromatic heterocycles. The van der Waals surface area contributed by atoms with Gasteiger partial charge in [0.25, 0.3) is 0 Å². The molecule has 0 aliphatic heterocycles. The summed E-state index contributed by atoms with van der Waals surface area (Å²) in [4.78, 5) is 11.5. The zero-order valence-electron chi connectivity index (χ0n) is 8.84. The van der Waals surface area contributed by atoms with Crippen molar-refractivity contribution >= 4 is 37.8 Å². The third-order valence-corrected chi connectivity index (χ3v) is 2.83. The second kappa shape index (κ2) is 4.65. The van der Waals surface area contributed by atoms with Crippen LogP contribution in [-0.4, -0.2) is 20.0 Å². The van der Waals surface area contributed by atoms with Crippen LogP contribution in [0, 0.1) is 0 Å². The average molecular weight is 339 g/mol. The number of aromatic nitrogens is 2. The number of halogens is 2. The number of hydrogen-bond donors (Lipinski definition) is 1. The summed E-state index contributed by atoms with van der Waals surface area (Å²) in [5.74, 6) is -0.0555. The molecule has 15 heavy (non-hydrogen) atoms. The van der Waals surface area contributed by atoms with Crippen molar-refractivity contribution in [3.8, 4) is 0 Å². The van der Waals surface area contributed by atoms with Crippen molar-refractivity contribution in [2.45, 2.75) is 24.7 Å². The summed E-state index contributed by atoms with van der Waals surface area (Å²) in [6.07, 6.45) is 1.85. The Labute approximate surface area is 106 Å². The van der Waals surface area contributed by atoms with Gasteiger partial charge in [0.2, 0.25) is 5.91 Å². The van der Waals surface area contributed by atoms with Crippen LogP contribution in [0.4, 0.5) is 0 Å². The van der Waals surface area contributed by atoms with E-state index in [2.05, 4.69) is 42.3 Å². The predicted molar refractivity (Wildman–Crippen MR) is 65.8 cm³/mol. The zero-order chi connectivity index (χ0) is 11.6. The fourth-order valence-electron chi connectivity index (χ4n) is 1.000. The molecule has 4 nitrogen and oxygen atoms in total. The van der Waals surface area contributed by atoms with Gasteiger partial charge >= 0.3 is 0 Å². The van der Waals surface area contributed by atoms with Gasteiger partial charge in [-0.2, -0.15) is 5.10 Å². The highest BCUT2D eigenvalue weighted by molar-refractivity contribution is 9.10. The van der Waals surface area contributed by atoms with Crippen LogP contribution in [-0.2, 0) is 18.4 Å². The van der Waals surface area contributed by atoms with Crippen molar-refractivity contribution in [1.82, 2.24) is 15.1 Å². The number of amides is 1. The van der Waals surface area contributed by atoms with E-state index in [1.54, 1.807) is 18.5 Å². The Bertz CT molecular complexity index is 368. The van der Waals surface area contributed by atoms with Gasteiger partial charge in [-0.1, -0.05) is 15.9 Å². The lowest BCUT2D eigenvalue weighted by atomic mass is 10.2. The topological polar surface area (TPSA) is 46.9 Å². The van der Waals surface area contributed by atoms with E-state index in [4.69, 9.17) is 0 Å². The van der Waals surface area contributed by atoms with E-state index in [-0.39, 0.29) is 5.91 Å². The summed E-state index contributed by atoms with van der Waals surface area (Å²) in [6, 6.07) is 0. The summed E-state index contributed by atoms with van der Waals surface area (Å²) in [7, 11) is 1.84. The van der Waals surface area contributed by atoms with E-state index in [1.807, 2.05) is 13.2 Å². The second-order valence-electron chi connectivity index (χ2n) is 3.75. The van der Waals surface area contributed by atoms with Crippen molar-refractivity contribution in [3.63, 3.8) is 0 Å². The molecular formula is C9H13Br2N3O. The number of nitrogens with zero attached hydrogens (tertiary/aromatic N) is 2. The molecule has 1 N–H and O–H groups in total. The van der Waals surface area contributed by atoms with E-state index in [0.29, 0.717) is 6.54 Å². The molecule has 6 heteroatoms. The summed E-state index contributed by atoms with van der Waals surface area (Å²) < 4.78 is 2.05. The quantitative estimate of drug-likeness (QED) is 0.856. The summed E-state index contributed by atoms with van der Waals surface area (Å²) in [5, 5.41) is 7.01. The maximum absolute atomic E-state index is 11.5. The number of aryl methyl sites for hydroxylation is 1. The van der Waals surface area contributed by atoms with Crippen LogP contribution in [0.25, 0.3) is 0 Å². The number of nitrogens with one attached hydrogen (secondary N) is 1. The summed E-state index contributed by atoms with van der Waals surface area (Å²) in [6.45, 7) is 4.03. The largest absolute Gasteiger partial charge is 0.349 e. The van der Waals surface area contributed by atoms with Crippen molar-refractivity contribution in [2.24, 2.45) is 7.05 Å². The van der Waals surface area contributed by atoms with Gasteiger partial charge in [-0.15, -0.1) is 0 Å². The first-order chi connectivity index (χ1) is 6.80. The number of alkyl halides is 1. The van der Waals surface area contributed by atoms with Gasteiger partial charge in [0.15, 0.2) is 0 Å². The molecule has 1 amide bonds. The van der Waals surface area contributed by atoms with Gasteiger partial charge in [-0.25, -0.2) is 0 Å². The highest BCUT2D eigenvalue weighted by atomic mass is 79.9. The molecule has 0 aromatic carbocycles.